The van der Waals surface area contributed by atoms with E-state index in [1.54, 1.807) is 24.3 Å². The molecule has 0 fully saturated rings. The summed E-state index contributed by atoms with van der Waals surface area (Å²) < 4.78 is 25.6. The minimum Gasteiger partial charge on any atom is -0.398 e. The fourth-order valence-electron chi connectivity index (χ4n) is 1.83. The molecule has 2 aromatic rings. The number of nitrogen functional groups attached to an aromatic ring is 1. The van der Waals surface area contributed by atoms with E-state index < -0.39 is 9.84 Å². The summed E-state index contributed by atoms with van der Waals surface area (Å²) in [7, 11) is -3.54. The van der Waals surface area contributed by atoms with Crippen LogP contribution in [0.15, 0.2) is 45.8 Å². The molecule has 0 unspecified atom stereocenters. The fourth-order valence-corrected chi connectivity index (χ4v) is 4.27. The molecule has 0 amide bonds. The molecule has 0 spiro atoms. The smallest absolute Gasteiger partial charge is 0.184 e. The number of halogens is 2. The van der Waals surface area contributed by atoms with Crippen molar-refractivity contribution in [2.24, 2.45) is 0 Å². The van der Waals surface area contributed by atoms with Crippen molar-refractivity contribution in [3.8, 4) is 0 Å². The number of aryl methyl sites for hydroxylation is 1. The first-order chi connectivity index (χ1) is 9.29. The third-order valence-electron chi connectivity index (χ3n) is 2.86. The minimum atomic E-state index is -3.54. The van der Waals surface area contributed by atoms with Crippen molar-refractivity contribution in [3.63, 3.8) is 0 Å². The monoisotopic (exact) mass is 373 g/mol. The summed E-state index contributed by atoms with van der Waals surface area (Å²) in [5, 5.41) is 0.446. The molecule has 106 valence electrons. The summed E-state index contributed by atoms with van der Waals surface area (Å²) in [6.07, 6.45) is 0. The van der Waals surface area contributed by atoms with Crippen molar-refractivity contribution in [2.75, 3.05) is 5.73 Å². The Kier molecular flexibility index (Phi) is 4.42. The molecule has 0 aromatic heterocycles. The Morgan fingerprint density at radius 2 is 1.90 bits per heavy atom. The predicted molar refractivity (Wildman–Crippen MR) is 85.6 cm³/mol. The van der Waals surface area contributed by atoms with E-state index in [4.69, 9.17) is 17.3 Å². The summed E-state index contributed by atoms with van der Waals surface area (Å²) in [6, 6.07) is 10.1. The predicted octanol–water partition coefficient (Wildman–Crippen LogP) is 3.97. The zero-order valence-corrected chi connectivity index (χ0v) is 13.9. The topological polar surface area (TPSA) is 60.2 Å². The molecule has 3 nitrogen and oxygen atoms in total. The first kappa shape index (κ1) is 15.4. The Labute approximate surface area is 131 Å². The molecule has 20 heavy (non-hydrogen) atoms. The van der Waals surface area contributed by atoms with Crippen LogP contribution in [0.4, 0.5) is 5.69 Å². The van der Waals surface area contributed by atoms with Gasteiger partial charge in [-0.1, -0.05) is 39.7 Å². The summed E-state index contributed by atoms with van der Waals surface area (Å²) in [5.74, 6) is -0.174. The molecule has 0 saturated carbocycles. The zero-order chi connectivity index (χ0) is 14.9. The number of sulfone groups is 1. The molecule has 0 bridgehead atoms. The highest BCUT2D eigenvalue weighted by Gasteiger charge is 2.20. The number of hydrogen-bond donors (Lipinski definition) is 1. The normalized spacial score (nSPS) is 11.6. The molecule has 0 aliphatic rings. The van der Waals surface area contributed by atoms with Gasteiger partial charge in [-0.2, -0.15) is 0 Å². The molecule has 0 saturated heterocycles. The van der Waals surface area contributed by atoms with Gasteiger partial charge in [0.15, 0.2) is 9.84 Å². The van der Waals surface area contributed by atoms with E-state index in [9.17, 15) is 8.42 Å². The Bertz CT molecular complexity index is 760. The van der Waals surface area contributed by atoms with E-state index in [2.05, 4.69) is 15.9 Å². The summed E-state index contributed by atoms with van der Waals surface area (Å²) in [5.41, 5.74) is 7.54. The molecule has 0 heterocycles. The first-order valence-corrected chi connectivity index (χ1v) is 8.65. The van der Waals surface area contributed by atoms with Crippen LogP contribution in [-0.2, 0) is 15.6 Å². The lowest BCUT2D eigenvalue weighted by molar-refractivity contribution is 0.595. The van der Waals surface area contributed by atoms with Crippen LogP contribution in [0, 0.1) is 6.92 Å². The van der Waals surface area contributed by atoms with E-state index in [0.717, 1.165) is 5.56 Å². The van der Waals surface area contributed by atoms with Crippen molar-refractivity contribution in [1.29, 1.82) is 0 Å². The van der Waals surface area contributed by atoms with Crippen molar-refractivity contribution in [3.05, 3.63) is 57.0 Å². The molecule has 6 heteroatoms. The van der Waals surface area contributed by atoms with Gasteiger partial charge < -0.3 is 5.73 Å². The van der Waals surface area contributed by atoms with E-state index in [0.29, 0.717) is 15.1 Å². The average Bonchev–Trinajstić information content (AvgIpc) is 2.35. The van der Waals surface area contributed by atoms with Crippen LogP contribution in [0.2, 0.25) is 5.02 Å². The summed E-state index contributed by atoms with van der Waals surface area (Å²) >= 11 is 9.34. The molecule has 2 rings (SSSR count). The molecule has 0 atom stereocenters. The summed E-state index contributed by atoms with van der Waals surface area (Å²) in [4.78, 5) is 0.114. The van der Waals surface area contributed by atoms with Crippen LogP contribution in [0.5, 0.6) is 0 Å². The largest absolute Gasteiger partial charge is 0.398 e. The molecule has 0 aliphatic carbocycles. The quantitative estimate of drug-likeness (QED) is 0.827. The van der Waals surface area contributed by atoms with Gasteiger partial charge >= 0.3 is 0 Å². The standard InChI is InChI=1S/C14H13BrClNO2S/c1-9-2-3-10(12(16)6-9)8-20(18,19)14-7-11(15)4-5-13(14)17/h2-7H,8,17H2,1H3. The van der Waals surface area contributed by atoms with Gasteiger partial charge in [-0.15, -0.1) is 0 Å². The molecule has 0 radical (unpaired) electrons. The van der Waals surface area contributed by atoms with E-state index >= 15 is 0 Å². The van der Waals surface area contributed by atoms with Gasteiger partial charge in [0.1, 0.15) is 0 Å². The molecule has 2 N–H and O–H groups in total. The molecular formula is C14H13BrClNO2S. The van der Waals surface area contributed by atoms with Crippen LogP contribution in [0.1, 0.15) is 11.1 Å². The minimum absolute atomic E-state index is 0.114. The zero-order valence-electron chi connectivity index (χ0n) is 10.7. The van der Waals surface area contributed by atoms with E-state index in [1.165, 1.54) is 6.07 Å². The Hall–Kier alpha value is -1.04. The van der Waals surface area contributed by atoms with Gasteiger partial charge in [-0.05, 0) is 42.3 Å². The highest BCUT2D eigenvalue weighted by Crippen LogP contribution is 2.28. The number of hydrogen-bond acceptors (Lipinski definition) is 3. The van der Waals surface area contributed by atoms with Crippen molar-refractivity contribution >= 4 is 43.1 Å². The highest BCUT2D eigenvalue weighted by molar-refractivity contribution is 9.10. The van der Waals surface area contributed by atoms with E-state index in [1.807, 2.05) is 13.0 Å². The van der Waals surface area contributed by atoms with Gasteiger partial charge in [-0.25, -0.2) is 8.42 Å². The van der Waals surface area contributed by atoms with E-state index in [-0.39, 0.29) is 16.3 Å². The fraction of sp³-hybridized carbons (Fsp3) is 0.143. The lowest BCUT2D eigenvalue weighted by atomic mass is 10.2. The highest BCUT2D eigenvalue weighted by atomic mass is 79.9. The average molecular weight is 375 g/mol. The number of anilines is 1. The van der Waals surface area contributed by atoms with Crippen molar-refractivity contribution in [2.45, 2.75) is 17.6 Å². The maximum Gasteiger partial charge on any atom is 0.184 e. The van der Waals surface area contributed by atoms with Crippen molar-refractivity contribution < 1.29 is 8.42 Å². The second-order valence-electron chi connectivity index (χ2n) is 4.54. The maximum atomic E-state index is 12.5. The van der Waals surface area contributed by atoms with Crippen LogP contribution < -0.4 is 5.73 Å². The van der Waals surface area contributed by atoms with Gasteiger partial charge in [0, 0.05) is 9.50 Å². The second kappa shape index (κ2) is 5.76. The van der Waals surface area contributed by atoms with Crippen LogP contribution >= 0.6 is 27.5 Å². The third kappa shape index (κ3) is 3.34. The van der Waals surface area contributed by atoms with Crippen LogP contribution in [0.25, 0.3) is 0 Å². The Balaban J connectivity index is 2.43. The first-order valence-electron chi connectivity index (χ1n) is 5.82. The van der Waals surface area contributed by atoms with Crippen LogP contribution in [0.3, 0.4) is 0 Å². The third-order valence-corrected chi connectivity index (χ3v) is 5.42. The SMILES string of the molecule is Cc1ccc(CS(=O)(=O)c2cc(Br)ccc2N)c(Cl)c1. The number of rotatable bonds is 3. The lowest BCUT2D eigenvalue weighted by Gasteiger charge is -2.10. The Morgan fingerprint density at radius 1 is 1.20 bits per heavy atom. The van der Waals surface area contributed by atoms with Gasteiger partial charge in [0.25, 0.3) is 0 Å². The lowest BCUT2D eigenvalue weighted by Crippen LogP contribution is -2.08. The van der Waals surface area contributed by atoms with Gasteiger partial charge in [0.2, 0.25) is 0 Å². The molecular weight excluding hydrogens is 362 g/mol. The van der Waals surface area contributed by atoms with Gasteiger partial charge in [-0.3, -0.25) is 0 Å². The maximum absolute atomic E-state index is 12.5. The van der Waals surface area contributed by atoms with Crippen LogP contribution in [-0.4, -0.2) is 8.42 Å². The van der Waals surface area contributed by atoms with Gasteiger partial charge in [0.05, 0.1) is 16.3 Å². The van der Waals surface area contributed by atoms with Crippen molar-refractivity contribution in [1.82, 2.24) is 0 Å². The molecule has 2 aromatic carbocycles. The summed E-state index contributed by atoms with van der Waals surface area (Å²) in [6.45, 7) is 1.90. The second-order valence-corrected chi connectivity index (χ2v) is 7.82. The number of benzene rings is 2. The Morgan fingerprint density at radius 3 is 2.55 bits per heavy atom. The molecule has 0 aliphatic heterocycles. The number of nitrogens with two attached hydrogens (primary N) is 1.